The maximum atomic E-state index is 12.2. The number of rotatable bonds is 5. The maximum Gasteiger partial charge on any atom is 0.341 e. The number of aromatic nitrogens is 3. The lowest BCUT2D eigenvalue weighted by molar-refractivity contribution is 0.0692. The van der Waals surface area contributed by atoms with E-state index in [4.69, 9.17) is 4.52 Å². The van der Waals surface area contributed by atoms with Gasteiger partial charge in [0.15, 0.2) is 5.76 Å². The van der Waals surface area contributed by atoms with Gasteiger partial charge in [0.25, 0.3) is 5.91 Å². The van der Waals surface area contributed by atoms with Crippen molar-refractivity contribution in [1.82, 2.24) is 20.4 Å². The minimum absolute atomic E-state index is 0. The molecule has 27 heavy (non-hydrogen) atoms. The Kier molecular flexibility index (Phi) is 7.89. The van der Waals surface area contributed by atoms with Crippen LogP contribution in [0.5, 0.6) is 0 Å². The Morgan fingerprint density at radius 1 is 1.15 bits per heavy atom. The molecule has 8 nitrogen and oxygen atoms in total. The maximum absolute atomic E-state index is 12.2. The van der Waals surface area contributed by atoms with Gasteiger partial charge in [0.05, 0.1) is 6.04 Å². The minimum Gasteiger partial charge on any atom is -0.477 e. The number of amides is 1. The Morgan fingerprint density at radius 3 is 2.52 bits per heavy atom. The summed E-state index contributed by atoms with van der Waals surface area (Å²) < 4.78 is 5.22. The number of carbonyl (C=O) groups is 2. The summed E-state index contributed by atoms with van der Waals surface area (Å²) in [7, 11) is 0. The molecule has 0 fully saturated rings. The second kappa shape index (κ2) is 9.65. The topological polar surface area (TPSA) is 118 Å². The number of nitrogens with one attached hydrogen (secondary N) is 1. The molecule has 10 heteroatoms. The van der Waals surface area contributed by atoms with Crippen molar-refractivity contribution in [3.8, 4) is 11.3 Å². The van der Waals surface area contributed by atoms with Gasteiger partial charge >= 0.3 is 5.97 Å². The van der Waals surface area contributed by atoms with E-state index in [1.807, 2.05) is 0 Å². The van der Waals surface area contributed by atoms with Gasteiger partial charge < -0.3 is 14.9 Å². The van der Waals surface area contributed by atoms with E-state index >= 15 is 0 Å². The summed E-state index contributed by atoms with van der Waals surface area (Å²) in [5.74, 6) is -1.59. The smallest absolute Gasteiger partial charge is 0.341 e. The van der Waals surface area contributed by atoms with Crippen LogP contribution < -0.4 is 5.32 Å². The fourth-order valence-corrected chi connectivity index (χ4v) is 2.34. The van der Waals surface area contributed by atoms with Gasteiger partial charge in [0, 0.05) is 24.2 Å². The zero-order chi connectivity index (χ0) is 17.8. The monoisotopic (exact) mass is 410 g/mol. The van der Waals surface area contributed by atoms with Gasteiger partial charge in [-0.3, -0.25) is 14.8 Å². The molecule has 0 radical (unpaired) electrons. The van der Waals surface area contributed by atoms with Gasteiger partial charge in [-0.15, -0.1) is 24.8 Å². The van der Waals surface area contributed by atoms with Gasteiger partial charge in [0.2, 0.25) is 0 Å². The third kappa shape index (κ3) is 4.81. The quantitative estimate of drug-likeness (QED) is 0.662. The summed E-state index contributed by atoms with van der Waals surface area (Å²) in [5.41, 5.74) is 0.785. The van der Waals surface area contributed by atoms with Crippen LogP contribution in [0.3, 0.4) is 0 Å². The molecular formula is C17H16Cl2N4O4. The van der Waals surface area contributed by atoms with Crippen LogP contribution in [0.25, 0.3) is 11.3 Å². The highest BCUT2D eigenvalue weighted by Gasteiger charge is 2.28. The molecule has 2 N–H and O–H groups in total. The molecule has 0 unspecified atom stereocenters. The van der Waals surface area contributed by atoms with Crippen LogP contribution in [-0.4, -0.2) is 32.1 Å². The fourth-order valence-electron chi connectivity index (χ4n) is 2.34. The average molecular weight is 411 g/mol. The van der Waals surface area contributed by atoms with Crippen LogP contribution in [0.4, 0.5) is 0 Å². The number of carbonyl (C=O) groups excluding carboxylic acids is 1. The Labute approximate surface area is 166 Å². The molecule has 3 heterocycles. The van der Waals surface area contributed by atoms with Crippen molar-refractivity contribution < 1.29 is 19.2 Å². The first-order valence-corrected chi connectivity index (χ1v) is 7.43. The molecular weight excluding hydrogens is 395 g/mol. The Morgan fingerprint density at radius 2 is 1.93 bits per heavy atom. The second-order valence-corrected chi connectivity index (χ2v) is 5.23. The summed E-state index contributed by atoms with van der Waals surface area (Å²) in [6, 6.07) is 7.57. The van der Waals surface area contributed by atoms with Crippen LogP contribution in [0.15, 0.2) is 53.4 Å². The second-order valence-electron chi connectivity index (χ2n) is 5.23. The van der Waals surface area contributed by atoms with E-state index in [1.54, 1.807) is 43.5 Å². The van der Waals surface area contributed by atoms with Crippen molar-refractivity contribution >= 4 is 36.7 Å². The van der Waals surface area contributed by atoms with Crippen LogP contribution >= 0.6 is 24.8 Å². The molecule has 0 aliphatic carbocycles. The summed E-state index contributed by atoms with van der Waals surface area (Å²) in [6.07, 6.45) is 4.56. The number of carboxylic acid groups (broad SMARTS) is 1. The first-order chi connectivity index (χ1) is 12.1. The van der Waals surface area contributed by atoms with Gasteiger partial charge in [-0.25, -0.2) is 4.79 Å². The third-order valence-electron chi connectivity index (χ3n) is 3.51. The van der Waals surface area contributed by atoms with E-state index in [0.29, 0.717) is 5.56 Å². The number of hydrogen-bond donors (Lipinski definition) is 2. The highest BCUT2D eigenvalue weighted by molar-refractivity contribution is 5.96. The molecule has 3 rings (SSSR count). The van der Waals surface area contributed by atoms with Crippen molar-refractivity contribution in [2.75, 3.05) is 0 Å². The van der Waals surface area contributed by atoms with Gasteiger partial charge in [0.1, 0.15) is 17.0 Å². The Bertz CT molecular complexity index is 904. The average Bonchev–Trinajstić information content (AvgIpc) is 3.08. The standard InChI is InChI=1S/C17H14N4O4.2ClH/c1-10(20-16(22)12-6-2-3-8-19-12)15-13(17(23)24)14(21-25-15)11-5-4-7-18-9-11;;/h2-10H,1H3,(H,20,22)(H,23,24);2*1H/t10-;;/m1../s1. The number of aromatic carboxylic acids is 1. The van der Waals surface area contributed by atoms with Crippen molar-refractivity contribution in [2.24, 2.45) is 0 Å². The van der Waals surface area contributed by atoms with E-state index in [9.17, 15) is 14.7 Å². The molecule has 3 aromatic rings. The Balaban J connectivity index is 0.00000182. The molecule has 0 bridgehead atoms. The zero-order valence-electron chi connectivity index (χ0n) is 14.0. The lowest BCUT2D eigenvalue weighted by Crippen LogP contribution is -2.28. The first kappa shape index (κ1) is 22.1. The van der Waals surface area contributed by atoms with Crippen LogP contribution in [-0.2, 0) is 0 Å². The van der Waals surface area contributed by atoms with Gasteiger partial charge in [-0.1, -0.05) is 11.2 Å². The van der Waals surface area contributed by atoms with E-state index in [1.165, 1.54) is 12.4 Å². The molecule has 142 valence electrons. The molecule has 1 amide bonds. The fraction of sp³-hybridized carbons (Fsp3) is 0.118. The van der Waals surface area contributed by atoms with Crippen molar-refractivity contribution in [2.45, 2.75) is 13.0 Å². The van der Waals surface area contributed by atoms with E-state index < -0.39 is 17.9 Å². The number of halogens is 2. The van der Waals surface area contributed by atoms with Gasteiger partial charge in [-0.05, 0) is 31.2 Å². The SMILES string of the molecule is C[C@@H](NC(=O)c1ccccn1)c1onc(-c2cccnc2)c1C(=O)O.Cl.Cl. The molecule has 3 aromatic heterocycles. The van der Waals surface area contributed by atoms with Crippen LogP contribution in [0.2, 0.25) is 0 Å². The lowest BCUT2D eigenvalue weighted by atomic mass is 10.0. The summed E-state index contributed by atoms with van der Waals surface area (Å²) in [5, 5.41) is 16.1. The summed E-state index contributed by atoms with van der Waals surface area (Å²) in [6.45, 7) is 1.61. The number of pyridine rings is 2. The molecule has 0 aliphatic heterocycles. The van der Waals surface area contributed by atoms with Crippen LogP contribution in [0, 0.1) is 0 Å². The van der Waals surface area contributed by atoms with E-state index in [2.05, 4.69) is 20.4 Å². The zero-order valence-corrected chi connectivity index (χ0v) is 15.7. The normalized spacial score (nSPS) is 10.9. The largest absolute Gasteiger partial charge is 0.477 e. The lowest BCUT2D eigenvalue weighted by Gasteiger charge is -2.11. The van der Waals surface area contributed by atoms with Crippen molar-refractivity contribution in [1.29, 1.82) is 0 Å². The number of carboxylic acids is 1. The highest BCUT2D eigenvalue weighted by Crippen LogP contribution is 2.28. The molecule has 0 spiro atoms. The number of hydrogen-bond acceptors (Lipinski definition) is 6. The molecule has 0 aliphatic rings. The van der Waals surface area contributed by atoms with Gasteiger partial charge in [-0.2, -0.15) is 0 Å². The minimum atomic E-state index is -1.20. The Hall–Kier alpha value is -2.97. The third-order valence-corrected chi connectivity index (χ3v) is 3.51. The first-order valence-electron chi connectivity index (χ1n) is 7.43. The van der Waals surface area contributed by atoms with Crippen molar-refractivity contribution in [3.63, 3.8) is 0 Å². The predicted molar refractivity (Wildman–Crippen MR) is 101 cm³/mol. The molecule has 0 saturated heterocycles. The molecule has 0 aromatic carbocycles. The van der Waals surface area contributed by atoms with Crippen molar-refractivity contribution in [3.05, 3.63) is 65.9 Å². The molecule has 0 saturated carbocycles. The molecule has 1 atom stereocenters. The highest BCUT2D eigenvalue weighted by atomic mass is 35.5. The van der Waals surface area contributed by atoms with E-state index in [0.717, 1.165) is 0 Å². The summed E-state index contributed by atoms with van der Waals surface area (Å²) in [4.78, 5) is 31.8. The van der Waals surface area contributed by atoms with E-state index in [-0.39, 0.29) is 47.5 Å². The van der Waals surface area contributed by atoms with Crippen LogP contribution in [0.1, 0.15) is 39.6 Å². The summed E-state index contributed by atoms with van der Waals surface area (Å²) >= 11 is 0. The predicted octanol–water partition coefficient (Wildman–Crippen LogP) is 3.16. The number of nitrogens with zero attached hydrogens (tertiary/aromatic N) is 3.